The molecule has 0 saturated carbocycles. The highest BCUT2D eigenvalue weighted by Crippen LogP contribution is 2.38. The van der Waals surface area contributed by atoms with E-state index in [0.29, 0.717) is 34.3 Å². The van der Waals surface area contributed by atoms with E-state index < -0.39 is 12.3 Å². The molecule has 1 aliphatic rings. The summed E-state index contributed by atoms with van der Waals surface area (Å²) in [5, 5.41) is 1.09. The third kappa shape index (κ3) is 3.03. The van der Waals surface area contributed by atoms with E-state index in [1.807, 2.05) is 6.92 Å². The largest absolute Gasteiger partial charge is 0.420 e. The molecule has 0 radical (unpaired) electrons. The molecule has 7 nitrogen and oxygen atoms in total. The van der Waals surface area contributed by atoms with Gasteiger partial charge < -0.3 is 9.64 Å². The number of aromatic nitrogens is 2. The zero-order valence-corrected chi connectivity index (χ0v) is 16.1. The average molecular weight is 397 g/mol. The Kier molecular flexibility index (Phi) is 4.60. The SMILES string of the molecule is CCN(C)C(=O)OC1c2ccccc2C(=O)N1c1ccc2ccc(Cl)nc2n1. The fraction of sp³-hybridized carbons (Fsp3) is 0.200. The minimum absolute atomic E-state index is 0.290. The van der Waals surface area contributed by atoms with Crippen molar-refractivity contribution in [2.24, 2.45) is 0 Å². The first-order valence-electron chi connectivity index (χ1n) is 8.77. The highest BCUT2D eigenvalue weighted by atomic mass is 35.5. The Balaban J connectivity index is 1.79. The number of anilines is 1. The van der Waals surface area contributed by atoms with Crippen LogP contribution in [0.4, 0.5) is 10.6 Å². The molecule has 0 saturated heterocycles. The second-order valence-corrected chi connectivity index (χ2v) is 6.75. The van der Waals surface area contributed by atoms with Crippen LogP contribution in [0.25, 0.3) is 11.0 Å². The van der Waals surface area contributed by atoms with Crippen molar-refractivity contribution in [3.8, 4) is 0 Å². The van der Waals surface area contributed by atoms with E-state index >= 15 is 0 Å². The van der Waals surface area contributed by atoms with E-state index in [1.165, 1.54) is 9.80 Å². The number of carbonyl (C=O) groups is 2. The number of pyridine rings is 2. The molecule has 8 heteroatoms. The maximum Gasteiger partial charge on any atom is 0.411 e. The lowest BCUT2D eigenvalue weighted by Crippen LogP contribution is -2.35. The normalized spacial score (nSPS) is 15.6. The fourth-order valence-electron chi connectivity index (χ4n) is 3.04. The van der Waals surface area contributed by atoms with Crippen molar-refractivity contribution in [2.45, 2.75) is 13.2 Å². The van der Waals surface area contributed by atoms with E-state index in [4.69, 9.17) is 16.3 Å². The number of fused-ring (bicyclic) bond motifs is 2. The molecule has 1 unspecified atom stereocenters. The predicted octanol–water partition coefficient (Wildman–Crippen LogP) is 4.03. The van der Waals surface area contributed by atoms with Gasteiger partial charge >= 0.3 is 6.09 Å². The van der Waals surface area contributed by atoms with Crippen molar-refractivity contribution in [1.82, 2.24) is 14.9 Å². The molecule has 0 fully saturated rings. The molecule has 3 aromatic rings. The molecule has 3 heterocycles. The Bertz CT molecular complexity index is 1090. The Morgan fingerprint density at radius 1 is 1.18 bits per heavy atom. The summed E-state index contributed by atoms with van der Waals surface area (Å²) >= 11 is 5.97. The van der Waals surface area contributed by atoms with Gasteiger partial charge in [0.1, 0.15) is 11.0 Å². The van der Waals surface area contributed by atoms with Crippen LogP contribution < -0.4 is 4.90 Å². The molecular formula is C20H17ClN4O3. The number of nitrogens with zero attached hydrogens (tertiary/aromatic N) is 4. The van der Waals surface area contributed by atoms with Crippen molar-refractivity contribution < 1.29 is 14.3 Å². The van der Waals surface area contributed by atoms with Gasteiger partial charge in [0.25, 0.3) is 5.91 Å². The summed E-state index contributed by atoms with van der Waals surface area (Å²) < 4.78 is 5.67. The number of ether oxygens (including phenoxy) is 1. The minimum atomic E-state index is -0.908. The fourth-order valence-corrected chi connectivity index (χ4v) is 3.18. The molecule has 0 N–H and O–H groups in total. The summed E-state index contributed by atoms with van der Waals surface area (Å²) in [5.41, 5.74) is 1.50. The lowest BCUT2D eigenvalue weighted by molar-refractivity contribution is 0.0667. The van der Waals surface area contributed by atoms with Gasteiger partial charge in [0.05, 0.1) is 0 Å². The molecule has 0 aliphatic carbocycles. The van der Waals surface area contributed by atoms with Crippen LogP contribution in [-0.2, 0) is 4.74 Å². The standard InChI is InChI=1S/C20H17ClN4O3/c1-3-24(2)20(27)28-19-14-7-5-4-6-13(14)18(26)25(19)16-11-9-12-8-10-15(21)22-17(12)23-16/h4-11,19H,3H2,1-2H3. The molecule has 2 aromatic heterocycles. The molecule has 4 rings (SSSR count). The maximum atomic E-state index is 13.1. The average Bonchev–Trinajstić information content (AvgIpc) is 2.98. The van der Waals surface area contributed by atoms with Gasteiger partial charge in [0, 0.05) is 30.1 Å². The van der Waals surface area contributed by atoms with Crippen LogP contribution in [0, 0.1) is 0 Å². The van der Waals surface area contributed by atoms with Gasteiger partial charge in [-0.25, -0.2) is 14.8 Å². The molecule has 1 aliphatic heterocycles. The monoisotopic (exact) mass is 396 g/mol. The number of carbonyl (C=O) groups excluding carboxylic acids is 2. The molecule has 0 bridgehead atoms. The summed E-state index contributed by atoms with van der Waals surface area (Å²) in [6, 6.07) is 14.0. The Morgan fingerprint density at radius 3 is 2.71 bits per heavy atom. The smallest absolute Gasteiger partial charge is 0.411 e. The van der Waals surface area contributed by atoms with Crippen LogP contribution in [-0.4, -0.2) is 40.5 Å². The third-order valence-electron chi connectivity index (χ3n) is 4.66. The summed E-state index contributed by atoms with van der Waals surface area (Å²) in [4.78, 5) is 36.9. The van der Waals surface area contributed by atoms with Crippen LogP contribution in [0.2, 0.25) is 5.15 Å². The first-order chi connectivity index (χ1) is 13.5. The maximum absolute atomic E-state index is 13.1. The Hall–Kier alpha value is -3.19. The van der Waals surface area contributed by atoms with Crippen LogP contribution in [0.15, 0.2) is 48.5 Å². The zero-order valence-electron chi connectivity index (χ0n) is 15.3. The van der Waals surface area contributed by atoms with Crippen LogP contribution in [0.5, 0.6) is 0 Å². The van der Waals surface area contributed by atoms with Crippen molar-refractivity contribution in [2.75, 3.05) is 18.5 Å². The second-order valence-electron chi connectivity index (χ2n) is 6.36. The summed E-state index contributed by atoms with van der Waals surface area (Å²) in [7, 11) is 1.63. The predicted molar refractivity (Wildman–Crippen MR) is 105 cm³/mol. The molecule has 142 valence electrons. The first kappa shape index (κ1) is 18.2. The summed E-state index contributed by atoms with van der Waals surface area (Å²) in [6.45, 7) is 2.32. The molecule has 0 spiro atoms. The van der Waals surface area contributed by atoms with Crippen molar-refractivity contribution in [3.63, 3.8) is 0 Å². The third-order valence-corrected chi connectivity index (χ3v) is 4.87. The van der Waals surface area contributed by atoms with Gasteiger partial charge in [-0.05, 0) is 37.3 Å². The topological polar surface area (TPSA) is 75.6 Å². The van der Waals surface area contributed by atoms with E-state index in [9.17, 15) is 9.59 Å². The number of hydrogen-bond acceptors (Lipinski definition) is 5. The number of rotatable bonds is 3. The van der Waals surface area contributed by atoms with Crippen molar-refractivity contribution in [1.29, 1.82) is 0 Å². The Labute approximate surface area is 166 Å². The van der Waals surface area contributed by atoms with Gasteiger partial charge in [0.2, 0.25) is 6.23 Å². The summed E-state index contributed by atoms with van der Waals surface area (Å²) in [5.74, 6) is 0.0434. The van der Waals surface area contributed by atoms with Crippen LogP contribution in [0.3, 0.4) is 0 Å². The number of halogens is 1. The zero-order chi connectivity index (χ0) is 19.8. The van der Waals surface area contributed by atoms with E-state index in [-0.39, 0.29) is 5.91 Å². The van der Waals surface area contributed by atoms with Gasteiger partial charge in [-0.15, -0.1) is 0 Å². The lowest BCUT2D eigenvalue weighted by Gasteiger charge is -2.26. The van der Waals surface area contributed by atoms with Gasteiger partial charge in [0.15, 0.2) is 5.65 Å². The molecular weight excluding hydrogens is 380 g/mol. The lowest BCUT2D eigenvalue weighted by atomic mass is 10.1. The molecule has 1 atom stereocenters. The van der Waals surface area contributed by atoms with Crippen LogP contribution >= 0.6 is 11.6 Å². The molecule has 2 amide bonds. The highest BCUT2D eigenvalue weighted by Gasteiger charge is 2.41. The van der Waals surface area contributed by atoms with E-state index in [1.54, 1.807) is 55.6 Å². The molecule has 28 heavy (non-hydrogen) atoms. The quantitative estimate of drug-likeness (QED) is 0.625. The van der Waals surface area contributed by atoms with Crippen molar-refractivity contribution in [3.05, 3.63) is 64.8 Å². The van der Waals surface area contributed by atoms with Gasteiger partial charge in [-0.1, -0.05) is 29.8 Å². The van der Waals surface area contributed by atoms with Crippen LogP contribution in [0.1, 0.15) is 29.1 Å². The second kappa shape index (κ2) is 7.09. The highest BCUT2D eigenvalue weighted by molar-refractivity contribution is 6.29. The minimum Gasteiger partial charge on any atom is -0.420 e. The van der Waals surface area contributed by atoms with Gasteiger partial charge in [-0.3, -0.25) is 9.69 Å². The first-order valence-corrected chi connectivity index (χ1v) is 9.15. The van der Waals surface area contributed by atoms with E-state index in [0.717, 1.165) is 5.39 Å². The number of hydrogen-bond donors (Lipinski definition) is 0. The van der Waals surface area contributed by atoms with Gasteiger partial charge in [-0.2, -0.15) is 0 Å². The van der Waals surface area contributed by atoms with Crippen molar-refractivity contribution >= 4 is 40.5 Å². The molecule has 1 aromatic carbocycles. The summed E-state index contributed by atoms with van der Waals surface area (Å²) in [6.07, 6.45) is -1.43. The number of amides is 2. The Morgan fingerprint density at radius 2 is 1.93 bits per heavy atom. The van der Waals surface area contributed by atoms with E-state index in [2.05, 4.69) is 9.97 Å². The number of benzene rings is 1.